The van der Waals surface area contributed by atoms with Gasteiger partial charge in [-0.3, -0.25) is 19.3 Å². The van der Waals surface area contributed by atoms with Crippen LogP contribution in [0.2, 0.25) is 0 Å². The maximum absolute atomic E-state index is 14.4. The maximum Gasteiger partial charge on any atom is 0.407 e. The Hall–Kier alpha value is -5.08. The number of nitrogens with zero attached hydrogens (tertiary/aromatic N) is 4. The van der Waals surface area contributed by atoms with Crippen LogP contribution in [-0.4, -0.2) is 87.5 Å². The van der Waals surface area contributed by atoms with Gasteiger partial charge in [0.1, 0.15) is 53.3 Å². The number of fused-ring (bicyclic) bond motifs is 1. The minimum atomic E-state index is -1.28. The van der Waals surface area contributed by atoms with Gasteiger partial charge in [-0.15, -0.1) is 0 Å². The Morgan fingerprint density at radius 1 is 1.08 bits per heavy atom. The number of likely N-dealkylation sites (tertiary alicyclic amines) is 1. The Balaban J connectivity index is 1.61. The molecular formula is C35H45F2N7O6. The summed E-state index contributed by atoms with van der Waals surface area (Å²) in [5.41, 5.74) is -1.03. The molecule has 2 aromatic carbocycles. The van der Waals surface area contributed by atoms with Crippen molar-refractivity contribution in [1.82, 2.24) is 25.1 Å². The van der Waals surface area contributed by atoms with Gasteiger partial charge in [0.15, 0.2) is 0 Å². The van der Waals surface area contributed by atoms with Gasteiger partial charge in [-0.1, -0.05) is 47.6 Å². The smallest absolute Gasteiger partial charge is 0.407 e. The molecule has 1 aliphatic heterocycles. The molecule has 0 bridgehead atoms. The molecule has 15 heteroatoms. The maximum atomic E-state index is 14.4. The number of aromatic nitrogens is 2. The van der Waals surface area contributed by atoms with E-state index in [2.05, 4.69) is 25.9 Å². The van der Waals surface area contributed by atoms with Crippen molar-refractivity contribution in [1.29, 1.82) is 0 Å². The third-order valence-electron chi connectivity index (χ3n) is 8.54. The fourth-order valence-corrected chi connectivity index (χ4v) is 5.88. The Bertz CT molecular complexity index is 1750. The van der Waals surface area contributed by atoms with E-state index in [-0.39, 0.29) is 30.2 Å². The van der Waals surface area contributed by atoms with Crippen molar-refractivity contribution in [3.8, 4) is 5.75 Å². The largest absolute Gasteiger partial charge is 0.494 e. The van der Waals surface area contributed by atoms with Crippen LogP contribution in [0.15, 0.2) is 36.7 Å². The molecule has 4 amide bonds. The highest BCUT2D eigenvalue weighted by Crippen LogP contribution is 2.35. The Kier molecular flexibility index (Phi) is 11.2. The van der Waals surface area contributed by atoms with E-state index < -0.39 is 70.1 Å². The SMILES string of the molecule is COc1cc2ncnc(Nc3c(F)cccc3F)c2cc1NC(=O)[C@@H]1CCCN1C(=O)[C@@H](NC(=O)[C@H](CC(C)(C)C)N(C)C(=O)O)C(C)(C)C. The number of benzene rings is 2. The molecule has 0 spiro atoms. The van der Waals surface area contributed by atoms with Crippen LogP contribution in [0.3, 0.4) is 0 Å². The minimum Gasteiger partial charge on any atom is -0.494 e. The molecule has 1 aliphatic rings. The zero-order valence-electron chi connectivity index (χ0n) is 29.6. The van der Waals surface area contributed by atoms with E-state index in [1.165, 1.54) is 37.5 Å². The van der Waals surface area contributed by atoms with E-state index in [1.807, 2.05) is 20.8 Å². The standard InChI is InChI=1S/C35H45F2N7O6/c1-34(2,3)17-25(43(7)33(48)49)31(46)42-28(35(4,5)6)32(47)44-14-10-13-24(44)30(45)40-23-15-19-22(16-26(23)50-8)38-18-39-29(19)41-27-20(36)11-9-12-21(27)37/h9,11-12,15-16,18,24-25,28H,10,13-14,17H2,1-8H3,(H,40,45)(H,42,46)(H,48,49)(H,38,39,41)/t24-,25-,28+/m0/s1. The molecule has 2 heterocycles. The van der Waals surface area contributed by atoms with Gasteiger partial charge in [0.05, 0.1) is 18.3 Å². The normalized spacial score (nSPS) is 16.0. The fraction of sp³-hybridized carbons (Fsp3) is 0.486. The molecule has 1 aromatic heterocycles. The Morgan fingerprint density at radius 3 is 2.32 bits per heavy atom. The lowest BCUT2D eigenvalue weighted by Crippen LogP contribution is -2.60. The predicted molar refractivity (Wildman–Crippen MR) is 184 cm³/mol. The molecular weight excluding hydrogens is 652 g/mol. The summed E-state index contributed by atoms with van der Waals surface area (Å²) in [4.78, 5) is 64.2. The van der Waals surface area contributed by atoms with Crippen molar-refractivity contribution in [2.24, 2.45) is 10.8 Å². The summed E-state index contributed by atoms with van der Waals surface area (Å²) < 4.78 is 34.4. The van der Waals surface area contributed by atoms with Crippen LogP contribution in [0.25, 0.3) is 10.9 Å². The number of ether oxygens (including phenoxy) is 1. The zero-order valence-corrected chi connectivity index (χ0v) is 29.6. The Morgan fingerprint density at radius 2 is 1.74 bits per heavy atom. The number of likely N-dealkylation sites (N-methyl/N-ethyl adjacent to an activating group) is 1. The van der Waals surface area contributed by atoms with Crippen LogP contribution in [-0.2, 0) is 14.4 Å². The van der Waals surface area contributed by atoms with E-state index >= 15 is 0 Å². The van der Waals surface area contributed by atoms with Crippen LogP contribution >= 0.6 is 0 Å². The van der Waals surface area contributed by atoms with E-state index in [4.69, 9.17) is 4.74 Å². The number of nitrogens with one attached hydrogen (secondary N) is 3. The molecule has 13 nitrogen and oxygen atoms in total. The lowest BCUT2D eigenvalue weighted by Gasteiger charge is -2.37. The first-order valence-corrected chi connectivity index (χ1v) is 16.2. The monoisotopic (exact) mass is 697 g/mol. The number of carboxylic acid groups (broad SMARTS) is 1. The first-order chi connectivity index (χ1) is 23.3. The molecule has 1 saturated heterocycles. The topological polar surface area (TPSA) is 166 Å². The van der Waals surface area contributed by atoms with Gasteiger partial charge in [0, 0.05) is 25.0 Å². The molecule has 4 N–H and O–H groups in total. The number of rotatable bonds is 10. The number of para-hydroxylation sites is 1. The quantitative estimate of drug-likeness (QED) is 0.213. The predicted octanol–water partition coefficient (Wildman–Crippen LogP) is 5.54. The highest BCUT2D eigenvalue weighted by atomic mass is 19.1. The average Bonchev–Trinajstić information content (AvgIpc) is 3.53. The van der Waals surface area contributed by atoms with E-state index in [1.54, 1.807) is 26.8 Å². The van der Waals surface area contributed by atoms with E-state index in [0.717, 1.165) is 17.0 Å². The van der Waals surface area contributed by atoms with Gasteiger partial charge in [-0.25, -0.2) is 23.5 Å². The average molecular weight is 698 g/mol. The summed E-state index contributed by atoms with van der Waals surface area (Å²) in [6.07, 6.45) is 1.02. The number of halogens is 2. The molecule has 50 heavy (non-hydrogen) atoms. The minimum absolute atomic E-state index is 0.0805. The fourth-order valence-electron chi connectivity index (χ4n) is 5.88. The molecule has 0 saturated carbocycles. The summed E-state index contributed by atoms with van der Waals surface area (Å²) in [6.45, 7) is 11.3. The van der Waals surface area contributed by atoms with Crippen LogP contribution in [0.1, 0.15) is 60.8 Å². The number of amides is 4. The number of methoxy groups -OCH3 is 1. The molecule has 0 radical (unpaired) electrons. The highest BCUT2D eigenvalue weighted by Gasteiger charge is 2.43. The Labute approximate surface area is 289 Å². The molecule has 0 unspecified atom stereocenters. The number of carbonyl (C=O) groups is 4. The van der Waals surface area contributed by atoms with Crippen molar-refractivity contribution >= 4 is 51.9 Å². The van der Waals surface area contributed by atoms with Crippen LogP contribution in [0, 0.1) is 22.5 Å². The van der Waals surface area contributed by atoms with E-state index in [0.29, 0.717) is 23.7 Å². The second-order valence-corrected chi connectivity index (χ2v) is 14.7. The van der Waals surface area contributed by atoms with Gasteiger partial charge >= 0.3 is 6.09 Å². The second kappa shape index (κ2) is 14.8. The van der Waals surface area contributed by atoms with Gasteiger partial charge in [0.25, 0.3) is 0 Å². The number of anilines is 3. The lowest BCUT2D eigenvalue weighted by atomic mass is 9.84. The van der Waals surface area contributed by atoms with Gasteiger partial charge < -0.3 is 30.7 Å². The number of hydrogen-bond acceptors (Lipinski definition) is 8. The third kappa shape index (κ3) is 8.55. The first-order valence-electron chi connectivity index (χ1n) is 16.2. The van der Waals surface area contributed by atoms with Crippen molar-refractivity contribution in [2.45, 2.75) is 78.9 Å². The summed E-state index contributed by atoms with van der Waals surface area (Å²) >= 11 is 0. The van der Waals surface area contributed by atoms with Crippen molar-refractivity contribution < 1.29 is 37.8 Å². The number of hydrogen-bond donors (Lipinski definition) is 4. The summed E-state index contributed by atoms with van der Waals surface area (Å²) in [6, 6.07) is 3.46. The second-order valence-electron chi connectivity index (χ2n) is 14.7. The summed E-state index contributed by atoms with van der Waals surface area (Å²) in [7, 11) is 2.72. The summed E-state index contributed by atoms with van der Waals surface area (Å²) in [5, 5.41) is 18.3. The van der Waals surface area contributed by atoms with Gasteiger partial charge in [0.2, 0.25) is 17.7 Å². The van der Waals surface area contributed by atoms with Gasteiger partial charge in [-0.2, -0.15) is 0 Å². The van der Waals surface area contributed by atoms with Crippen molar-refractivity contribution in [3.05, 3.63) is 48.3 Å². The molecule has 1 fully saturated rings. The summed E-state index contributed by atoms with van der Waals surface area (Å²) in [5.74, 6) is -2.93. The van der Waals surface area contributed by atoms with Gasteiger partial charge in [-0.05, 0) is 48.3 Å². The highest BCUT2D eigenvalue weighted by molar-refractivity contribution is 6.03. The number of carbonyl (C=O) groups excluding carboxylic acids is 3. The first kappa shape index (κ1) is 37.7. The molecule has 0 aliphatic carbocycles. The van der Waals surface area contributed by atoms with Crippen molar-refractivity contribution in [2.75, 3.05) is 31.3 Å². The van der Waals surface area contributed by atoms with E-state index in [9.17, 15) is 33.1 Å². The molecule has 3 aromatic rings. The van der Waals surface area contributed by atoms with Crippen LogP contribution < -0.4 is 20.7 Å². The zero-order chi connectivity index (χ0) is 37.1. The molecule has 270 valence electrons. The molecule has 4 rings (SSSR count). The van der Waals surface area contributed by atoms with Crippen LogP contribution in [0.5, 0.6) is 5.75 Å². The van der Waals surface area contributed by atoms with Crippen LogP contribution in [0.4, 0.5) is 30.8 Å². The lowest BCUT2D eigenvalue weighted by molar-refractivity contribution is -0.143. The van der Waals surface area contributed by atoms with Crippen molar-refractivity contribution in [3.63, 3.8) is 0 Å². The molecule has 3 atom stereocenters. The third-order valence-corrected chi connectivity index (χ3v) is 8.54.